The third-order valence-electron chi connectivity index (χ3n) is 3.73. The largest absolute Gasteiger partial charge is 0.353 e. The highest BCUT2D eigenvalue weighted by Crippen LogP contribution is 2.28. The van der Waals surface area contributed by atoms with Gasteiger partial charge < -0.3 is 10.6 Å². The zero-order chi connectivity index (χ0) is 14.7. The van der Waals surface area contributed by atoms with Gasteiger partial charge in [-0.25, -0.2) is 9.67 Å². The van der Waals surface area contributed by atoms with Gasteiger partial charge in [-0.3, -0.25) is 4.99 Å². The van der Waals surface area contributed by atoms with E-state index in [1.165, 1.54) is 18.3 Å². The van der Waals surface area contributed by atoms with Crippen LogP contribution in [0.4, 0.5) is 0 Å². The van der Waals surface area contributed by atoms with Crippen molar-refractivity contribution in [2.24, 2.45) is 10.9 Å². The highest BCUT2D eigenvalue weighted by atomic mass is 127. The maximum absolute atomic E-state index is 4.25. The Hall–Kier alpha value is -1.64. The van der Waals surface area contributed by atoms with E-state index in [1.807, 2.05) is 12.1 Å². The Morgan fingerprint density at radius 1 is 1.36 bits per heavy atom. The lowest BCUT2D eigenvalue weighted by atomic mass is 10.2. The molecule has 0 amide bonds. The van der Waals surface area contributed by atoms with Crippen LogP contribution in [0.3, 0.4) is 0 Å². The number of aromatic nitrogens is 3. The van der Waals surface area contributed by atoms with Gasteiger partial charge in [0.2, 0.25) is 0 Å². The van der Waals surface area contributed by atoms with Crippen LogP contribution in [0.25, 0.3) is 5.69 Å². The fraction of sp³-hybridized carbons (Fsp3) is 0.400. The fourth-order valence-corrected chi connectivity index (χ4v) is 2.19. The zero-order valence-electron chi connectivity index (χ0n) is 12.7. The average molecular weight is 412 g/mol. The summed E-state index contributed by atoms with van der Waals surface area (Å²) >= 11 is 0. The summed E-state index contributed by atoms with van der Waals surface area (Å²) in [6.45, 7) is 2.99. The molecule has 1 aliphatic carbocycles. The Labute approximate surface area is 147 Å². The van der Waals surface area contributed by atoms with E-state index in [0.29, 0.717) is 6.04 Å². The molecule has 118 valence electrons. The molecule has 0 aliphatic heterocycles. The van der Waals surface area contributed by atoms with Crippen LogP contribution in [0.2, 0.25) is 0 Å². The molecule has 0 saturated heterocycles. The second-order valence-corrected chi connectivity index (χ2v) is 5.40. The topological polar surface area (TPSA) is 67.1 Å². The van der Waals surface area contributed by atoms with E-state index in [0.717, 1.165) is 24.1 Å². The van der Waals surface area contributed by atoms with Gasteiger partial charge in [0.1, 0.15) is 12.7 Å². The smallest absolute Gasteiger partial charge is 0.191 e. The number of nitrogens with one attached hydrogen (secondary N) is 2. The van der Waals surface area contributed by atoms with Gasteiger partial charge in [-0.05, 0) is 30.0 Å². The molecular formula is C15H21IN6. The number of halogens is 1. The first-order valence-corrected chi connectivity index (χ1v) is 7.17. The summed E-state index contributed by atoms with van der Waals surface area (Å²) in [5.41, 5.74) is 2.20. The van der Waals surface area contributed by atoms with Crippen LogP contribution < -0.4 is 10.6 Å². The Morgan fingerprint density at radius 2 is 2.09 bits per heavy atom. The lowest BCUT2D eigenvalue weighted by molar-refractivity contribution is 0.763. The van der Waals surface area contributed by atoms with Crippen molar-refractivity contribution in [2.45, 2.75) is 25.9 Å². The van der Waals surface area contributed by atoms with E-state index < -0.39 is 0 Å². The third-order valence-corrected chi connectivity index (χ3v) is 3.73. The predicted molar refractivity (Wildman–Crippen MR) is 97.7 cm³/mol. The molecule has 1 fully saturated rings. The normalized spacial score (nSPS) is 20.2. The number of hydrogen-bond donors (Lipinski definition) is 2. The molecule has 7 heteroatoms. The SMILES string of the molecule is CN=C(NCc1ccc(-n2cncn2)cc1)NC1CC1C.I. The van der Waals surface area contributed by atoms with Gasteiger partial charge in [-0.2, -0.15) is 5.10 Å². The maximum atomic E-state index is 4.25. The van der Waals surface area contributed by atoms with Crippen molar-refractivity contribution in [1.82, 2.24) is 25.4 Å². The minimum atomic E-state index is 0. The minimum absolute atomic E-state index is 0. The molecule has 1 aliphatic rings. The van der Waals surface area contributed by atoms with E-state index in [1.54, 1.807) is 18.1 Å². The van der Waals surface area contributed by atoms with Crippen LogP contribution in [0.1, 0.15) is 18.9 Å². The monoisotopic (exact) mass is 412 g/mol. The summed E-state index contributed by atoms with van der Waals surface area (Å²) in [7, 11) is 1.80. The second kappa shape index (κ2) is 7.57. The Bertz CT molecular complexity index is 607. The highest BCUT2D eigenvalue weighted by Gasteiger charge is 2.33. The van der Waals surface area contributed by atoms with Crippen LogP contribution in [-0.4, -0.2) is 33.8 Å². The lowest BCUT2D eigenvalue weighted by Gasteiger charge is -2.11. The van der Waals surface area contributed by atoms with Gasteiger partial charge >= 0.3 is 0 Å². The molecule has 22 heavy (non-hydrogen) atoms. The Kier molecular flexibility index (Phi) is 5.76. The van der Waals surface area contributed by atoms with Crippen molar-refractivity contribution >= 4 is 29.9 Å². The number of hydrogen-bond acceptors (Lipinski definition) is 3. The quantitative estimate of drug-likeness (QED) is 0.458. The summed E-state index contributed by atoms with van der Waals surface area (Å²) in [6, 6.07) is 8.80. The number of aliphatic imine (C=N–C) groups is 1. The summed E-state index contributed by atoms with van der Waals surface area (Å²) in [4.78, 5) is 8.19. The summed E-state index contributed by atoms with van der Waals surface area (Å²) in [6.07, 6.45) is 4.45. The molecule has 2 N–H and O–H groups in total. The van der Waals surface area contributed by atoms with Gasteiger partial charge in [0.25, 0.3) is 0 Å². The fourth-order valence-electron chi connectivity index (χ4n) is 2.19. The van der Waals surface area contributed by atoms with Crippen molar-refractivity contribution in [3.63, 3.8) is 0 Å². The molecule has 1 aromatic heterocycles. The molecule has 3 rings (SSSR count). The van der Waals surface area contributed by atoms with Gasteiger partial charge in [-0.1, -0.05) is 19.1 Å². The molecule has 0 radical (unpaired) electrons. The highest BCUT2D eigenvalue weighted by molar-refractivity contribution is 14.0. The van der Waals surface area contributed by atoms with Crippen LogP contribution in [0.15, 0.2) is 41.9 Å². The van der Waals surface area contributed by atoms with Crippen LogP contribution in [0, 0.1) is 5.92 Å². The molecule has 1 aromatic carbocycles. The lowest BCUT2D eigenvalue weighted by Crippen LogP contribution is -2.38. The molecule has 1 heterocycles. The number of guanidine groups is 1. The first-order valence-electron chi connectivity index (χ1n) is 7.17. The molecular weight excluding hydrogens is 391 g/mol. The van der Waals surface area contributed by atoms with Crippen LogP contribution in [-0.2, 0) is 6.54 Å². The van der Waals surface area contributed by atoms with Crippen LogP contribution in [0.5, 0.6) is 0 Å². The van der Waals surface area contributed by atoms with Crippen molar-refractivity contribution in [2.75, 3.05) is 7.05 Å². The van der Waals surface area contributed by atoms with E-state index in [4.69, 9.17) is 0 Å². The molecule has 0 bridgehead atoms. The number of rotatable bonds is 4. The average Bonchev–Trinajstić information content (AvgIpc) is 2.99. The van der Waals surface area contributed by atoms with E-state index >= 15 is 0 Å². The van der Waals surface area contributed by atoms with Crippen molar-refractivity contribution in [3.8, 4) is 5.69 Å². The number of nitrogens with zero attached hydrogens (tertiary/aromatic N) is 4. The molecule has 6 nitrogen and oxygen atoms in total. The predicted octanol–water partition coefficient (Wildman–Crippen LogP) is 1.96. The molecule has 2 atom stereocenters. The third kappa shape index (κ3) is 4.19. The summed E-state index contributed by atoms with van der Waals surface area (Å²) < 4.78 is 1.74. The molecule has 1 saturated carbocycles. The van der Waals surface area contributed by atoms with Gasteiger partial charge in [-0.15, -0.1) is 24.0 Å². The van der Waals surface area contributed by atoms with E-state index in [2.05, 4.69) is 44.8 Å². The van der Waals surface area contributed by atoms with E-state index in [-0.39, 0.29) is 24.0 Å². The summed E-state index contributed by atoms with van der Waals surface area (Å²) in [5, 5.41) is 10.9. The standard InChI is InChI=1S/C15H20N6.HI/c1-11-7-14(11)20-15(16-2)18-8-12-3-5-13(6-4-12)21-10-17-9-19-21;/h3-6,9-11,14H,7-8H2,1-2H3,(H2,16,18,20);1H. The zero-order valence-corrected chi connectivity index (χ0v) is 15.1. The minimum Gasteiger partial charge on any atom is -0.353 e. The van der Waals surface area contributed by atoms with Gasteiger partial charge in [0.15, 0.2) is 5.96 Å². The molecule has 0 spiro atoms. The van der Waals surface area contributed by atoms with Crippen molar-refractivity contribution in [3.05, 3.63) is 42.5 Å². The van der Waals surface area contributed by atoms with E-state index in [9.17, 15) is 0 Å². The number of benzene rings is 1. The Balaban J connectivity index is 0.00000176. The molecule has 2 unspecified atom stereocenters. The Morgan fingerprint density at radius 3 is 2.64 bits per heavy atom. The first kappa shape index (κ1) is 16.7. The van der Waals surface area contributed by atoms with Gasteiger partial charge in [0, 0.05) is 19.6 Å². The summed E-state index contributed by atoms with van der Waals surface area (Å²) in [5.74, 6) is 1.62. The van der Waals surface area contributed by atoms with Crippen molar-refractivity contribution in [1.29, 1.82) is 0 Å². The molecule has 2 aromatic rings. The van der Waals surface area contributed by atoms with Gasteiger partial charge in [0.05, 0.1) is 5.69 Å². The van der Waals surface area contributed by atoms with Crippen molar-refractivity contribution < 1.29 is 0 Å². The second-order valence-electron chi connectivity index (χ2n) is 5.40. The first-order chi connectivity index (χ1) is 10.3. The van der Waals surface area contributed by atoms with Crippen LogP contribution >= 0.6 is 24.0 Å². The maximum Gasteiger partial charge on any atom is 0.191 e.